The van der Waals surface area contributed by atoms with E-state index in [2.05, 4.69) is 40.4 Å². The molecule has 4 rings (SSSR count). The monoisotopic (exact) mass is 382 g/mol. The van der Waals surface area contributed by atoms with Crippen molar-refractivity contribution in [2.24, 2.45) is 0 Å². The second-order valence-corrected chi connectivity index (χ2v) is 6.92. The van der Waals surface area contributed by atoms with Gasteiger partial charge in [0.15, 0.2) is 0 Å². The van der Waals surface area contributed by atoms with Crippen molar-refractivity contribution in [2.45, 2.75) is 19.3 Å². The number of halogens is 1. The molecule has 0 saturated heterocycles. The predicted molar refractivity (Wildman–Crippen MR) is 112 cm³/mol. The first-order valence-corrected chi connectivity index (χ1v) is 9.36. The largest absolute Gasteiger partial charge is 0.352 e. The van der Waals surface area contributed by atoms with Crippen LogP contribution in [-0.4, -0.2) is 9.97 Å². The third kappa shape index (κ3) is 3.92. The van der Waals surface area contributed by atoms with Gasteiger partial charge in [-0.3, -0.25) is 0 Å². The Bertz CT molecular complexity index is 1140. The standard InChI is InChI=1S/C24H19FN4/c1-16-6-2-3-7-20(16)21-8-4-5-9-23(21)29-19-14-27-24(28-15-19)17-10-11-22(25)18(12-17)13-26/h2-11,14-15,17,29H,12H2,1H3. The van der Waals surface area contributed by atoms with Crippen molar-refractivity contribution in [1.29, 1.82) is 5.26 Å². The summed E-state index contributed by atoms with van der Waals surface area (Å²) < 4.78 is 13.6. The summed E-state index contributed by atoms with van der Waals surface area (Å²) in [4.78, 5) is 8.87. The van der Waals surface area contributed by atoms with E-state index in [1.807, 2.05) is 36.4 Å². The van der Waals surface area contributed by atoms with Gasteiger partial charge < -0.3 is 5.32 Å². The molecule has 0 saturated carbocycles. The lowest BCUT2D eigenvalue weighted by molar-refractivity contribution is 0.625. The quantitative estimate of drug-likeness (QED) is 0.602. The number of aryl methyl sites for hydroxylation is 1. The van der Waals surface area contributed by atoms with Gasteiger partial charge in [-0.15, -0.1) is 0 Å². The Kier molecular flexibility index (Phi) is 5.17. The molecule has 142 valence electrons. The molecule has 0 radical (unpaired) electrons. The van der Waals surface area contributed by atoms with Crippen molar-refractivity contribution in [3.05, 3.63) is 95.9 Å². The molecule has 2 aromatic carbocycles. The van der Waals surface area contributed by atoms with E-state index in [-0.39, 0.29) is 17.9 Å². The van der Waals surface area contributed by atoms with Crippen LogP contribution < -0.4 is 5.32 Å². The van der Waals surface area contributed by atoms with E-state index < -0.39 is 5.83 Å². The summed E-state index contributed by atoms with van der Waals surface area (Å²) in [6, 6.07) is 18.3. The van der Waals surface area contributed by atoms with E-state index in [9.17, 15) is 4.39 Å². The van der Waals surface area contributed by atoms with Crippen LogP contribution in [0.4, 0.5) is 15.8 Å². The van der Waals surface area contributed by atoms with Crippen LogP contribution in [0.15, 0.2) is 84.5 Å². The van der Waals surface area contributed by atoms with E-state index in [0.29, 0.717) is 5.82 Å². The van der Waals surface area contributed by atoms with Crippen molar-refractivity contribution < 1.29 is 4.39 Å². The maximum absolute atomic E-state index is 13.6. The van der Waals surface area contributed by atoms with Crippen molar-refractivity contribution in [3.63, 3.8) is 0 Å². The normalized spacial score (nSPS) is 15.8. The summed E-state index contributed by atoms with van der Waals surface area (Å²) in [5.41, 5.74) is 5.33. The lowest BCUT2D eigenvalue weighted by atomic mass is 9.93. The molecule has 1 atom stereocenters. The Morgan fingerprint density at radius 3 is 2.45 bits per heavy atom. The number of rotatable bonds is 4. The van der Waals surface area contributed by atoms with Gasteiger partial charge in [0.2, 0.25) is 0 Å². The van der Waals surface area contributed by atoms with Crippen LogP contribution in [0.5, 0.6) is 0 Å². The van der Waals surface area contributed by atoms with Gasteiger partial charge in [0, 0.05) is 17.2 Å². The van der Waals surface area contributed by atoms with Crippen LogP contribution in [0.3, 0.4) is 0 Å². The van der Waals surface area contributed by atoms with E-state index in [0.717, 1.165) is 16.9 Å². The molecule has 3 aromatic rings. The highest BCUT2D eigenvalue weighted by Gasteiger charge is 2.20. The van der Waals surface area contributed by atoms with E-state index in [4.69, 9.17) is 5.26 Å². The Balaban J connectivity index is 1.56. The molecule has 1 aromatic heterocycles. The number of allylic oxidation sites excluding steroid dienone is 4. The summed E-state index contributed by atoms with van der Waals surface area (Å²) in [5.74, 6) is -0.105. The van der Waals surface area contributed by atoms with Gasteiger partial charge in [0.1, 0.15) is 11.7 Å². The molecule has 1 unspecified atom stereocenters. The highest BCUT2D eigenvalue weighted by atomic mass is 19.1. The predicted octanol–water partition coefficient (Wildman–Crippen LogP) is 5.99. The number of nitrogens with one attached hydrogen (secondary N) is 1. The Hall–Kier alpha value is -3.78. The summed E-state index contributed by atoms with van der Waals surface area (Å²) in [6.45, 7) is 2.09. The number of hydrogen-bond acceptors (Lipinski definition) is 4. The van der Waals surface area contributed by atoms with Crippen molar-refractivity contribution >= 4 is 11.4 Å². The summed E-state index contributed by atoms with van der Waals surface area (Å²) in [5, 5.41) is 12.4. The van der Waals surface area contributed by atoms with Gasteiger partial charge in [0.05, 0.1) is 29.7 Å². The lowest BCUT2D eigenvalue weighted by Gasteiger charge is -2.16. The second-order valence-electron chi connectivity index (χ2n) is 6.92. The fourth-order valence-corrected chi connectivity index (χ4v) is 3.41. The van der Waals surface area contributed by atoms with Crippen LogP contribution in [0.1, 0.15) is 23.7 Å². The molecule has 4 nitrogen and oxygen atoms in total. The number of hydrogen-bond donors (Lipinski definition) is 1. The van der Waals surface area contributed by atoms with E-state index in [1.165, 1.54) is 17.2 Å². The number of nitrogens with zero attached hydrogens (tertiary/aromatic N) is 3. The van der Waals surface area contributed by atoms with Crippen LogP contribution in [0.2, 0.25) is 0 Å². The van der Waals surface area contributed by atoms with Gasteiger partial charge in [-0.05, 0) is 36.6 Å². The second kappa shape index (κ2) is 8.07. The zero-order chi connectivity index (χ0) is 20.2. The Morgan fingerprint density at radius 1 is 1.03 bits per heavy atom. The molecule has 0 aliphatic heterocycles. The summed E-state index contributed by atoms with van der Waals surface area (Å²) in [7, 11) is 0. The van der Waals surface area contributed by atoms with Gasteiger partial charge in [-0.25, -0.2) is 14.4 Å². The van der Waals surface area contributed by atoms with Crippen LogP contribution in [0.25, 0.3) is 11.1 Å². The fraction of sp³-hybridized carbons (Fsp3) is 0.125. The van der Waals surface area contributed by atoms with Gasteiger partial charge in [-0.2, -0.15) is 5.26 Å². The number of nitriles is 1. The number of para-hydroxylation sites is 1. The Morgan fingerprint density at radius 2 is 1.72 bits per heavy atom. The highest BCUT2D eigenvalue weighted by molar-refractivity contribution is 5.82. The van der Waals surface area contributed by atoms with Crippen LogP contribution in [0, 0.1) is 18.3 Å². The minimum absolute atomic E-state index is 0.135. The van der Waals surface area contributed by atoms with Gasteiger partial charge in [0.25, 0.3) is 0 Å². The third-order valence-electron chi connectivity index (χ3n) is 4.97. The molecule has 0 spiro atoms. The number of aromatic nitrogens is 2. The van der Waals surface area contributed by atoms with Crippen LogP contribution in [-0.2, 0) is 0 Å². The van der Waals surface area contributed by atoms with Crippen molar-refractivity contribution in [3.8, 4) is 17.2 Å². The molecule has 1 N–H and O–H groups in total. The maximum atomic E-state index is 13.6. The maximum Gasteiger partial charge on any atom is 0.136 e. The summed E-state index contributed by atoms with van der Waals surface area (Å²) >= 11 is 0. The minimum Gasteiger partial charge on any atom is -0.352 e. The number of benzene rings is 2. The first kappa shape index (κ1) is 18.6. The Labute approximate surface area is 169 Å². The van der Waals surface area contributed by atoms with Gasteiger partial charge >= 0.3 is 0 Å². The first-order chi connectivity index (χ1) is 14.2. The summed E-state index contributed by atoms with van der Waals surface area (Å²) in [6.07, 6.45) is 6.73. The van der Waals surface area contributed by atoms with Gasteiger partial charge in [-0.1, -0.05) is 48.5 Å². The first-order valence-electron chi connectivity index (χ1n) is 9.36. The minimum atomic E-state index is -0.477. The van der Waals surface area contributed by atoms with Crippen molar-refractivity contribution in [1.82, 2.24) is 9.97 Å². The van der Waals surface area contributed by atoms with Crippen LogP contribution >= 0.6 is 0 Å². The molecular weight excluding hydrogens is 363 g/mol. The van der Waals surface area contributed by atoms with Crippen molar-refractivity contribution in [2.75, 3.05) is 5.32 Å². The smallest absolute Gasteiger partial charge is 0.136 e. The molecule has 29 heavy (non-hydrogen) atoms. The number of anilines is 2. The topological polar surface area (TPSA) is 61.6 Å². The molecule has 0 amide bonds. The molecular formula is C24H19FN4. The molecule has 1 heterocycles. The molecule has 1 aliphatic rings. The van der Waals surface area contributed by atoms with E-state index in [1.54, 1.807) is 18.5 Å². The third-order valence-corrected chi connectivity index (χ3v) is 4.97. The average Bonchev–Trinajstić information content (AvgIpc) is 2.76. The average molecular weight is 382 g/mol. The molecule has 0 fully saturated rings. The fourth-order valence-electron chi connectivity index (χ4n) is 3.41. The molecule has 0 bridgehead atoms. The van der Waals surface area contributed by atoms with E-state index >= 15 is 0 Å². The zero-order valence-corrected chi connectivity index (χ0v) is 15.9. The SMILES string of the molecule is Cc1ccccc1-c1ccccc1Nc1cnc(C2C=CC(F)=C(C#N)C2)nc1. The highest BCUT2D eigenvalue weighted by Crippen LogP contribution is 2.33. The molecule has 1 aliphatic carbocycles. The lowest BCUT2D eigenvalue weighted by Crippen LogP contribution is -2.07. The zero-order valence-electron chi connectivity index (χ0n) is 15.9. The molecule has 5 heteroatoms.